The van der Waals surface area contributed by atoms with Gasteiger partial charge in [0.05, 0.1) is 5.02 Å². The third-order valence-corrected chi connectivity index (χ3v) is 3.37. The standard InChI is InChI=1S/C12H18ClN3/c1-14-9-10-5-2-3-8-16(10)12-11(13)6-4-7-15-12/h4,6-7,10,14H,2-3,5,8-9H2,1H3. The SMILES string of the molecule is CNCC1CCCCN1c1ncccc1Cl. The van der Waals surface area contributed by atoms with Gasteiger partial charge in [0.25, 0.3) is 0 Å². The van der Waals surface area contributed by atoms with Crippen LogP contribution in [0.3, 0.4) is 0 Å². The second kappa shape index (κ2) is 5.51. The van der Waals surface area contributed by atoms with Crippen LogP contribution in [0, 0.1) is 0 Å². The highest BCUT2D eigenvalue weighted by Gasteiger charge is 2.24. The summed E-state index contributed by atoms with van der Waals surface area (Å²) >= 11 is 6.20. The predicted molar refractivity (Wildman–Crippen MR) is 68.2 cm³/mol. The van der Waals surface area contributed by atoms with Gasteiger partial charge < -0.3 is 10.2 Å². The Morgan fingerprint density at radius 3 is 3.19 bits per heavy atom. The maximum Gasteiger partial charge on any atom is 0.147 e. The van der Waals surface area contributed by atoms with E-state index in [0.29, 0.717) is 6.04 Å². The van der Waals surface area contributed by atoms with Gasteiger partial charge in [-0.1, -0.05) is 11.6 Å². The number of piperidine rings is 1. The zero-order valence-corrected chi connectivity index (χ0v) is 10.4. The number of halogens is 1. The topological polar surface area (TPSA) is 28.2 Å². The van der Waals surface area contributed by atoms with Crippen molar-refractivity contribution in [3.8, 4) is 0 Å². The molecule has 0 radical (unpaired) electrons. The van der Waals surface area contributed by atoms with Crippen LogP contribution in [-0.2, 0) is 0 Å². The lowest BCUT2D eigenvalue weighted by molar-refractivity contribution is 0.443. The van der Waals surface area contributed by atoms with Crippen LogP contribution in [0.5, 0.6) is 0 Å². The minimum Gasteiger partial charge on any atom is -0.351 e. The number of hydrogen-bond acceptors (Lipinski definition) is 3. The van der Waals surface area contributed by atoms with Gasteiger partial charge in [-0.25, -0.2) is 4.98 Å². The van der Waals surface area contributed by atoms with Gasteiger partial charge in [0, 0.05) is 25.3 Å². The first-order valence-electron chi connectivity index (χ1n) is 5.84. The first kappa shape index (κ1) is 11.7. The Kier molecular flexibility index (Phi) is 4.02. The average Bonchev–Trinajstić information content (AvgIpc) is 2.31. The number of nitrogens with zero attached hydrogens (tertiary/aromatic N) is 2. The summed E-state index contributed by atoms with van der Waals surface area (Å²) in [6.07, 6.45) is 5.56. The van der Waals surface area contributed by atoms with Crippen molar-refractivity contribution in [1.82, 2.24) is 10.3 Å². The largest absolute Gasteiger partial charge is 0.351 e. The molecule has 1 N–H and O–H groups in total. The fraction of sp³-hybridized carbons (Fsp3) is 0.583. The molecule has 4 heteroatoms. The number of pyridine rings is 1. The molecule has 2 rings (SSSR count). The Balaban J connectivity index is 2.19. The van der Waals surface area contributed by atoms with Gasteiger partial charge >= 0.3 is 0 Å². The third kappa shape index (κ3) is 2.47. The molecule has 16 heavy (non-hydrogen) atoms. The highest BCUT2D eigenvalue weighted by Crippen LogP contribution is 2.28. The van der Waals surface area contributed by atoms with Gasteiger partial charge in [-0.05, 0) is 38.4 Å². The van der Waals surface area contributed by atoms with Crippen LogP contribution in [0.2, 0.25) is 5.02 Å². The van der Waals surface area contributed by atoms with Gasteiger partial charge in [0.2, 0.25) is 0 Å². The van der Waals surface area contributed by atoms with Gasteiger partial charge in [-0.2, -0.15) is 0 Å². The van der Waals surface area contributed by atoms with E-state index in [-0.39, 0.29) is 0 Å². The molecule has 0 amide bonds. The minimum absolute atomic E-state index is 0.520. The molecule has 1 aromatic rings. The summed E-state index contributed by atoms with van der Waals surface area (Å²) in [7, 11) is 1.99. The number of anilines is 1. The number of likely N-dealkylation sites (N-methyl/N-ethyl adjacent to an activating group) is 1. The molecule has 0 saturated carbocycles. The van der Waals surface area contributed by atoms with E-state index in [1.54, 1.807) is 0 Å². The zero-order valence-electron chi connectivity index (χ0n) is 9.62. The number of aromatic nitrogens is 1. The molecule has 1 atom stereocenters. The number of nitrogens with one attached hydrogen (secondary N) is 1. The quantitative estimate of drug-likeness (QED) is 0.878. The molecule has 1 fully saturated rings. The van der Waals surface area contributed by atoms with Crippen LogP contribution >= 0.6 is 11.6 Å². The monoisotopic (exact) mass is 239 g/mol. The van der Waals surface area contributed by atoms with E-state index in [4.69, 9.17) is 11.6 Å². The maximum absolute atomic E-state index is 6.20. The Labute approximate surface area is 102 Å². The molecule has 3 nitrogen and oxygen atoms in total. The summed E-state index contributed by atoms with van der Waals surface area (Å²) in [6.45, 7) is 2.05. The average molecular weight is 240 g/mol. The lowest BCUT2D eigenvalue weighted by Crippen LogP contribution is -2.45. The molecule has 0 spiro atoms. The number of hydrogen-bond donors (Lipinski definition) is 1. The van der Waals surface area contributed by atoms with Crippen molar-refractivity contribution in [2.45, 2.75) is 25.3 Å². The van der Waals surface area contributed by atoms with E-state index in [9.17, 15) is 0 Å². The van der Waals surface area contributed by atoms with Crippen LogP contribution in [0.25, 0.3) is 0 Å². The van der Waals surface area contributed by atoms with Crippen LogP contribution in [0.4, 0.5) is 5.82 Å². The van der Waals surface area contributed by atoms with Crippen LogP contribution < -0.4 is 10.2 Å². The first-order valence-corrected chi connectivity index (χ1v) is 6.22. The van der Waals surface area contributed by atoms with E-state index in [1.807, 2.05) is 25.4 Å². The molecule has 88 valence electrons. The highest BCUT2D eigenvalue weighted by atomic mass is 35.5. The lowest BCUT2D eigenvalue weighted by atomic mass is 10.0. The van der Waals surface area contributed by atoms with E-state index >= 15 is 0 Å². The minimum atomic E-state index is 0.520. The Morgan fingerprint density at radius 2 is 2.44 bits per heavy atom. The second-order valence-electron chi connectivity index (χ2n) is 4.21. The van der Waals surface area contributed by atoms with E-state index in [2.05, 4.69) is 15.2 Å². The van der Waals surface area contributed by atoms with Crippen LogP contribution in [-0.4, -0.2) is 31.2 Å². The molecule has 1 aromatic heterocycles. The normalized spacial score (nSPS) is 21.1. The van der Waals surface area contributed by atoms with Gasteiger partial charge in [-0.15, -0.1) is 0 Å². The fourth-order valence-electron chi connectivity index (χ4n) is 2.32. The van der Waals surface area contributed by atoms with Crippen molar-refractivity contribution >= 4 is 17.4 Å². The molecular formula is C12H18ClN3. The molecule has 0 bridgehead atoms. The summed E-state index contributed by atoms with van der Waals surface area (Å²) in [4.78, 5) is 6.74. The van der Waals surface area contributed by atoms with E-state index in [1.165, 1.54) is 19.3 Å². The van der Waals surface area contributed by atoms with Crippen molar-refractivity contribution in [1.29, 1.82) is 0 Å². The highest BCUT2D eigenvalue weighted by molar-refractivity contribution is 6.32. The Bertz CT molecular complexity index is 341. The molecule has 1 aliphatic rings. The smallest absolute Gasteiger partial charge is 0.147 e. The van der Waals surface area contributed by atoms with E-state index < -0.39 is 0 Å². The molecule has 2 heterocycles. The third-order valence-electron chi connectivity index (χ3n) is 3.08. The summed E-state index contributed by atoms with van der Waals surface area (Å²) in [5, 5.41) is 4.00. The van der Waals surface area contributed by atoms with Gasteiger partial charge in [0.15, 0.2) is 0 Å². The van der Waals surface area contributed by atoms with Crippen molar-refractivity contribution in [2.75, 3.05) is 25.0 Å². The van der Waals surface area contributed by atoms with Gasteiger partial charge in [-0.3, -0.25) is 0 Å². The predicted octanol–water partition coefficient (Wildman–Crippen LogP) is 2.31. The summed E-state index contributed by atoms with van der Waals surface area (Å²) in [6, 6.07) is 4.31. The van der Waals surface area contributed by atoms with Crippen LogP contribution in [0.1, 0.15) is 19.3 Å². The summed E-state index contributed by atoms with van der Waals surface area (Å²) in [5.41, 5.74) is 0. The molecule has 0 aromatic carbocycles. The van der Waals surface area contributed by atoms with Crippen molar-refractivity contribution in [3.63, 3.8) is 0 Å². The zero-order chi connectivity index (χ0) is 11.4. The van der Waals surface area contributed by atoms with E-state index in [0.717, 1.165) is 23.9 Å². The van der Waals surface area contributed by atoms with Crippen molar-refractivity contribution in [3.05, 3.63) is 23.4 Å². The second-order valence-corrected chi connectivity index (χ2v) is 4.62. The van der Waals surface area contributed by atoms with Crippen molar-refractivity contribution < 1.29 is 0 Å². The van der Waals surface area contributed by atoms with Gasteiger partial charge in [0.1, 0.15) is 5.82 Å². The maximum atomic E-state index is 6.20. The first-order chi connectivity index (χ1) is 7.83. The van der Waals surface area contributed by atoms with Crippen molar-refractivity contribution in [2.24, 2.45) is 0 Å². The fourth-order valence-corrected chi connectivity index (χ4v) is 2.55. The molecule has 1 unspecified atom stereocenters. The molecule has 1 saturated heterocycles. The molecule has 1 aliphatic heterocycles. The molecular weight excluding hydrogens is 222 g/mol. The lowest BCUT2D eigenvalue weighted by Gasteiger charge is -2.37. The molecule has 0 aliphatic carbocycles. The number of rotatable bonds is 3. The summed E-state index contributed by atoms with van der Waals surface area (Å²) < 4.78 is 0. The van der Waals surface area contributed by atoms with Crippen LogP contribution in [0.15, 0.2) is 18.3 Å². The Hall–Kier alpha value is -0.800. The Morgan fingerprint density at radius 1 is 1.56 bits per heavy atom. The summed E-state index contributed by atoms with van der Waals surface area (Å²) in [5.74, 6) is 0.934.